The maximum atomic E-state index is 13.0. The number of rotatable bonds is 14. The van der Waals surface area contributed by atoms with E-state index in [1.54, 1.807) is 36.4 Å². The molecule has 0 aromatic heterocycles. The zero-order chi connectivity index (χ0) is 29.8. The first kappa shape index (κ1) is 31.7. The second-order valence-electron chi connectivity index (χ2n) is 8.69. The molecule has 1 N–H and O–H groups in total. The minimum absolute atomic E-state index is 0.0896. The molecular weight excluding hydrogens is 520 g/mol. The lowest BCUT2D eigenvalue weighted by Gasteiger charge is -2.16. The van der Waals surface area contributed by atoms with E-state index >= 15 is 0 Å². The molecule has 212 valence electrons. The summed E-state index contributed by atoms with van der Waals surface area (Å²) in [6, 6.07) is 10.9. The molecule has 2 aromatic rings. The quantitative estimate of drug-likeness (QED) is 0.0905. The van der Waals surface area contributed by atoms with Crippen molar-refractivity contribution in [2.45, 2.75) is 27.1 Å². The van der Waals surface area contributed by atoms with Crippen LogP contribution in [0.5, 0.6) is 5.75 Å². The summed E-state index contributed by atoms with van der Waals surface area (Å²) in [4.78, 5) is 47.9. The number of carbonyl (C=O) groups is 4. The van der Waals surface area contributed by atoms with Crippen LogP contribution in [0.3, 0.4) is 0 Å². The molecule has 0 amide bonds. The van der Waals surface area contributed by atoms with Gasteiger partial charge in [0.15, 0.2) is 6.29 Å². The van der Waals surface area contributed by atoms with Gasteiger partial charge in [0.25, 0.3) is 0 Å². The molecule has 2 aromatic carbocycles. The monoisotopic (exact) mass is 552 g/mol. The smallest absolute Gasteiger partial charge is 0.338 e. The standard InChI is InChI=1S/C30H32O10/c1-18(2)26(31)36-13-15-38-29(34)22-9-12-24(21-7-10-23(11-8-21)40-28(33)20(5)6)25(17-22)30(35)39-16-14-37-27(32)19(3)4/h7-12,17,29,34H,1,3,5,13-16H2,2,4,6H3. The van der Waals surface area contributed by atoms with E-state index in [4.69, 9.17) is 23.7 Å². The predicted molar refractivity (Wildman–Crippen MR) is 145 cm³/mol. The molecule has 0 saturated carbocycles. The van der Waals surface area contributed by atoms with E-state index in [2.05, 4.69) is 19.7 Å². The zero-order valence-corrected chi connectivity index (χ0v) is 22.7. The van der Waals surface area contributed by atoms with Crippen molar-refractivity contribution in [2.24, 2.45) is 0 Å². The number of carbonyl (C=O) groups excluding carboxylic acids is 4. The highest BCUT2D eigenvalue weighted by atomic mass is 16.6. The lowest BCUT2D eigenvalue weighted by Crippen LogP contribution is -2.16. The molecule has 1 unspecified atom stereocenters. The summed E-state index contributed by atoms with van der Waals surface area (Å²) in [6.07, 6.45) is -1.44. The van der Waals surface area contributed by atoms with Crippen LogP contribution >= 0.6 is 0 Å². The van der Waals surface area contributed by atoms with Gasteiger partial charge in [-0.25, -0.2) is 19.2 Å². The number of aliphatic hydroxyl groups is 1. The van der Waals surface area contributed by atoms with Gasteiger partial charge in [0, 0.05) is 22.3 Å². The zero-order valence-electron chi connectivity index (χ0n) is 22.7. The van der Waals surface area contributed by atoms with E-state index in [9.17, 15) is 24.3 Å². The fourth-order valence-corrected chi connectivity index (χ4v) is 3.02. The van der Waals surface area contributed by atoms with Crippen LogP contribution < -0.4 is 4.74 Å². The van der Waals surface area contributed by atoms with E-state index in [1.165, 1.54) is 26.8 Å². The molecule has 0 radical (unpaired) electrons. The summed E-state index contributed by atoms with van der Waals surface area (Å²) in [5, 5.41) is 10.5. The molecule has 0 spiro atoms. The van der Waals surface area contributed by atoms with Gasteiger partial charge in [0.05, 0.1) is 12.2 Å². The van der Waals surface area contributed by atoms with Crippen molar-refractivity contribution in [2.75, 3.05) is 26.4 Å². The summed E-state index contributed by atoms with van der Waals surface area (Å²) in [7, 11) is 0. The van der Waals surface area contributed by atoms with E-state index in [0.717, 1.165) is 0 Å². The molecule has 0 fully saturated rings. The van der Waals surface area contributed by atoms with Gasteiger partial charge >= 0.3 is 23.9 Å². The highest BCUT2D eigenvalue weighted by molar-refractivity contribution is 5.97. The van der Waals surface area contributed by atoms with Gasteiger partial charge in [-0.05, 0) is 50.1 Å². The molecule has 0 aliphatic rings. The maximum Gasteiger partial charge on any atom is 0.338 e. The van der Waals surface area contributed by atoms with Crippen molar-refractivity contribution >= 4 is 23.9 Å². The first-order chi connectivity index (χ1) is 18.9. The second-order valence-corrected chi connectivity index (χ2v) is 8.69. The molecule has 10 nitrogen and oxygen atoms in total. The Morgan fingerprint density at radius 1 is 0.725 bits per heavy atom. The van der Waals surface area contributed by atoms with Crippen molar-refractivity contribution in [1.29, 1.82) is 0 Å². The lowest BCUT2D eigenvalue weighted by molar-refractivity contribution is -0.147. The third kappa shape index (κ3) is 9.64. The summed E-state index contributed by atoms with van der Waals surface area (Å²) in [5.41, 5.74) is 2.05. The van der Waals surface area contributed by atoms with Crippen molar-refractivity contribution in [3.8, 4) is 16.9 Å². The fourth-order valence-electron chi connectivity index (χ4n) is 3.02. The molecule has 0 heterocycles. The van der Waals surface area contributed by atoms with Gasteiger partial charge in [-0.15, -0.1) is 0 Å². The summed E-state index contributed by atoms with van der Waals surface area (Å²) >= 11 is 0. The van der Waals surface area contributed by atoms with E-state index in [0.29, 0.717) is 11.1 Å². The van der Waals surface area contributed by atoms with Crippen molar-refractivity contribution in [1.82, 2.24) is 0 Å². The van der Waals surface area contributed by atoms with Crippen LogP contribution in [0.4, 0.5) is 0 Å². The van der Waals surface area contributed by atoms with Gasteiger partial charge in [-0.3, -0.25) is 0 Å². The third-order valence-electron chi connectivity index (χ3n) is 5.11. The second kappa shape index (κ2) is 15.2. The maximum absolute atomic E-state index is 13.0. The van der Waals surface area contributed by atoms with Crippen molar-refractivity contribution in [3.05, 3.63) is 90.0 Å². The number of ether oxygens (including phenoxy) is 5. The van der Waals surface area contributed by atoms with Crippen LogP contribution in [0, 0.1) is 0 Å². The average Bonchev–Trinajstić information content (AvgIpc) is 2.92. The van der Waals surface area contributed by atoms with E-state index in [1.807, 2.05) is 0 Å². The van der Waals surface area contributed by atoms with Gasteiger partial charge in [0.1, 0.15) is 25.6 Å². The normalized spacial score (nSPS) is 11.1. The molecule has 2 rings (SSSR count). The van der Waals surface area contributed by atoms with Gasteiger partial charge in [0.2, 0.25) is 0 Å². The van der Waals surface area contributed by atoms with Crippen molar-refractivity contribution in [3.63, 3.8) is 0 Å². The fraction of sp³-hybridized carbons (Fsp3) is 0.267. The third-order valence-corrected chi connectivity index (χ3v) is 5.11. The van der Waals surface area contributed by atoms with Crippen LogP contribution in [-0.4, -0.2) is 55.4 Å². The van der Waals surface area contributed by atoms with Gasteiger partial charge in [-0.2, -0.15) is 0 Å². The minimum atomic E-state index is -1.44. The topological polar surface area (TPSA) is 135 Å². The number of hydrogen-bond acceptors (Lipinski definition) is 10. The highest BCUT2D eigenvalue weighted by Crippen LogP contribution is 2.29. The Bertz CT molecular complexity index is 1290. The number of aliphatic hydroxyl groups excluding tert-OH is 1. The van der Waals surface area contributed by atoms with E-state index in [-0.39, 0.29) is 60.0 Å². The van der Waals surface area contributed by atoms with E-state index < -0.39 is 30.2 Å². The molecule has 1 atom stereocenters. The number of benzene rings is 2. The molecule has 0 saturated heterocycles. The van der Waals surface area contributed by atoms with Crippen LogP contribution in [0.1, 0.15) is 43.0 Å². The largest absolute Gasteiger partial charge is 0.460 e. The number of esters is 4. The Morgan fingerprint density at radius 3 is 1.80 bits per heavy atom. The Labute approximate surface area is 232 Å². The summed E-state index contributed by atoms with van der Waals surface area (Å²) in [5.74, 6) is -2.23. The molecule has 0 bridgehead atoms. The predicted octanol–water partition coefficient (Wildman–Crippen LogP) is 4.24. The Kier molecular flexibility index (Phi) is 12.0. The van der Waals surface area contributed by atoms with Crippen molar-refractivity contribution < 1.29 is 48.0 Å². The SMILES string of the molecule is C=C(C)C(=O)OCCOC(=O)c1cc(C(O)OCCOC(=O)C(=C)C)ccc1-c1ccc(OC(=O)C(=C)C)cc1. The van der Waals surface area contributed by atoms with Crippen LogP contribution in [0.2, 0.25) is 0 Å². The van der Waals surface area contributed by atoms with Gasteiger partial charge < -0.3 is 28.8 Å². The van der Waals surface area contributed by atoms with Crippen LogP contribution in [0.15, 0.2) is 78.9 Å². The van der Waals surface area contributed by atoms with Crippen LogP contribution in [-0.2, 0) is 33.3 Å². The Balaban J connectivity index is 2.23. The Hall–Kier alpha value is -4.54. The Morgan fingerprint density at radius 2 is 1.25 bits per heavy atom. The van der Waals surface area contributed by atoms with Gasteiger partial charge in [-0.1, -0.05) is 44.0 Å². The first-order valence-corrected chi connectivity index (χ1v) is 12.1. The van der Waals surface area contributed by atoms with Crippen LogP contribution in [0.25, 0.3) is 11.1 Å². The first-order valence-electron chi connectivity index (χ1n) is 12.1. The lowest BCUT2D eigenvalue weighted by atomic mass is 9.97. The molecule has 40 heavy (non-hydrogen) atoms. The molecule has 0 aliphatic carbocycles. The molecule has 0 aliphatic heterocycles. The highest BCUT2D eigenvalue weighted by Gasteiger charge is 2.19. The minimum Gasteiger partial charge on any atom is -0.460 e. The summed E-state index contributed by atoms with van der Waals surface area (Å²) in [6.45, 7) is 14.4. The average molecular weight is 553 g/mol. The number of hydrogen-bond donors (Lipinski definition) is 1. The summed E-state index contributed by atoms with van der Waals surface area (Å²) < 4.78 is 25.7. The molecule has 10 heteroatoms. The molecular formula is C30H32O10.